The van der Waals surface area contributed by atoms with Crippen molar-refractivity contribution in [2.75, 3.05) is 37.7 Å². The summed E-state index contributed by atoms with van der Waals surface area (Å²) in [5.41, 5.74) is 1.44. The molecule has 220 valence electrons. The minimum atomic E-state index is -0.785. The highest BCUT2D eigenvalue weighted by Crippen LogP contribution is 2.43. The van der Waals surface area contributed by atoms with Gasteiger partial charge in [0.1, 0.15) is 23.8 Å². The van der Waals surface area contributed by atoms with Gasteiger partial charge in [0, 0.05) is 42.6 Å². The predicted octanol–water partition coefficient (Wildman–Crippen LogP) is 6.51. The number of rotatable bonds is 6. The Hall–Kier alpha value is -2.95. The van der Waals surface area contributed by atoms with E-state index < -0.39 is 11.6 Å². The van der Waals surface area contributed by atoms with Gasteiger partial charge >= 0.3 is 6.01 Å². The molecule has 3 fully saturated rings. The van der Waals surface area contributed by atoms with Crippen molar-refractivity contribution < 1.29 is 17.9 Å². The van der Waals surface area contributed by atoms with Crippen LogP contribution in [0.4, 0.5) is 19.0 Å². The lowest BCUT2D eigenvalue weighted by Crippen LogP contribution is -2.60. The molecular weight excluding hydrogens is 607 g/mol. The summed E-state index contributed by atoms with van der Waals surface area (Å²) in [5, 5.41) is 0.305. The van der Waals surface area contributed by atoms with E-state index in [-0.39, 0.29) is 45.8 Å². The van der Waals surface area contributed by atoms with E-state index in [1.54, 1.807) is 0 Å². The average Bonchev–Trinajstić information content (AvgIpc) is 3.63. The van der Waals surface area contributed by atoms with Gasteiger partial charge in [0.25, 0.3) is 0 Å². The molecule has 0 aliphatic carbocycles. The molecule has 2 aromatic carbocycles. The van der Waals surface area contributed by atoms with Crippen molar-refractivity contribution in [3.8, 4) is 6.01 Å². The van der Waals surface area contributed by atoms with Crippen LogP contribution in [0, 0.1) is 11.6 Å². The number of anilines is 1. The highest BCUT2D eigenvalue weighted by Gasteiger charge is 2.48. The molecule has 6 nitrogen and oxygen atoms in total. The molecule has 3 atom stereocenters. The maximum absolute atomic E-state index is 15.5. The summed E-state index contributed by atoms with van der Waals surface area (Å²) in [6, 6.07) is 11.9. The molecule has 7 rings (SSSR count). The molecule has 1 aromatic heterocycles. The molecule has 0 saturated carbocycles. The molecule has 0 spiro atoms. The van der Waals surface area contributed by atoms with Crippen LogP contribution in [0.5, 0.6) is 6.01 Å². The molecule has 2 unspecified atom stereocenters. The third-order valence-electron chi connectivity index (χ3n) is 9.61. The molecule has 2 bridgehead atoms. The molecule has 5 heterocycles. The van der Waals surface area contributed by atoms with Crippen molar-refractivity contribution in [1.82, 2.24) is 19.8 Å². The Morgan fingerprint density at radius 3 is 2.57 bits per heavy atom. The first-order valence-corrected chi connectivity index (χ1v) is 15.3. The van der Waals surface area contributed by atoms with Crippen molar-refractivity contribution in [1.29, 1.82) is 0 Å². The molecule has 10 heteroatoms. The minimum absolute atomic E-state index is 0.00664. The average molecular weight is 641 g/mol. The molecule has 4 aliphatic rings. The summed E-state index contributed by atoms with van der Waals surface area (Å²) < 4.78 is 49.7. The van der Waals surface area contributed by atoms with E-state index in [0.717, 1.165) is 25.0 Å². The molecule has 3 saturated heterocycles. The molecule has 3 aromatic rings. The second kappa shape index (κ2) is 10.3. The number of hydrogen-bond acceptors (Lipinski definition) is 6. The first-order chi connectivity index (χ1) is 20.2. The van der Waals surface area contributed by atoms with Crippen LogP contribution >= 0.6 is 15.9 Å². The third kappa shape index (κ3) is 4.45. The van der Waals surface area contributed by atoms with Gasteiger partial charge in [-0.2, -0.15) is 9.97 Å². The quantitative estimate of drug-likeness (QED) is 0.226. The minimum Gasteiger partial charge on any atom is -0.461 e. The van der Waals surface area contributed by atoms with Crippen molar-refractivity contribution in [3.63, 3.8) is 0 Å². The number of halogens is 4. The van der Waals surface area contributed by atoms with Crippen LogP contribution in [0.2, 0.25) is 0 Å². The first-order valence-electron chi connectivity index (χ1n) is 14.5. The van der Waals surface area contributed by atoms with E-state index in [2.05, 4.69) is 85.9 Å². The van der Waals surface area contributed by atoms with E-state index in [0.29, 0.717) is 43.6 Å². The Kier molecular flexibility index (Phi) is 6.86. The van der Waals surface area contributed by atoms with Gasteiger partial charge in [-0.1, -0.05) is 42.5 Å². The van der Waals surface area contributed by atoms with Gasteiger partial charge in [-0.3, -0.25) is 9.80 Å². The summed E-state index contributed by atoms with van der Waals surface area (Å²) in [5.74, 6) is -1.04. The number of aromatic nitrogens is 2. The molecule has 0 radical (unpaired) electrons. The molecule has 42 heavy (non-hydrogen) atoms. The maximum atomic E-state index is 15.5. The fourth-order valence-electron chi connectivity index (χ4n) is 7.60. The lowest BCUT2D eigenvalue weighted by molar-refractivity contribution is 0.0590. The van der Waals surface area contributed by atoms with E-state index in [9.17, 15) is 8.78 Å². The van der Waals surface area contributed by atoms with Crippen LogP contribution in [0.3, 0.4) is 0 Å². The van der Waals surface area contributed by atoms with Gasteiger partial charge in [-0.05, 0) is 72.8 Å². The van der Waals surface area contributed by atoms with Crippen molar-refractivity contribution >= 4 is 32.7 Å². The predicted molar refractivity (Wildman–Crippen MR) is 160 cm³/mol. The van der Waals surface area contributed by atoms with Gasteiger partial charge in [-0.15, -0.1) is 0 Å². The normalized spacial score (nSPS) is 27.0. The van der Waals surface area contributed by atoms with Gasteiger partial charge < -0.3 is 9.64 Å². The molecule has 0 N–H and O–H groups in total. The van der Waals surface area contributed by atoms with Gasteiger partial charge in [0.05, 0.1) is 16.3 Å². The Morgan fingerprint density at radius 2 is 1.86 bits per heavy atom. The van der Waals surface area contributed by atoms with Gasteiger partial charge in [0.2, 0.25) is 0 Å². The van der Waals surface area contributed by atoms with Crippen LogP contribution in [0.1, 0.15) is 38.7 Å². The van der Waals surface area contributed by atoms with E-state index in [4.69, 9.17) is 9.72 Å². The second-order valence-electron chi connectivity index (χ2n) is 12.5. The molecular formula is C32H33BrF3N5O. The lowest BCUT2D eigenvalue weighted by Gasteiger charge is -2.50. The molecule has 0 amide bonds. The van der Waals surface area contributed by atoms with Crippen molar-refractivity contribution in [2.24, 2.45) is 0 Å². The lowest BCUT2D eigenvalue weighted by atomic mass is 9.89. The summed E-state index contributed by atoms with van der Waals surface area (Å²) in [6.45, 7) is 7.39. The second-order valence-corrected chi connectivity index (χ2v) is 13.2. The number of ether oxygens (including phenoxy) is 1. The largest absolute Gasteiger partial charge is 0.461 e. The highest BCUT2D eigenvalue weighted by atomic mass is 79.9. The zero-order chi connectivity index (χ0) is 29.2. The number of nitrogens with zero attached hydrogens (tertiary/aromatic N) is 5. The Balaban J connectivity index is 1.22. The zero-order valence-corrected chi connectivity index (χ0v) is 25.2. The number of hydrogen-bond donors (Lipinski definition) is 0. The summed E-state index contributed by atoms with van der Waals surface area (Å²) in [4.78, 5) is 16.1. The van der Waals surface area contributed by atoms with Crippen LogP contribution in [0.25, 0.3) is 10.9 Å². The topological polar surface area (TPSA) is 44.7 Å². The van der Waals surface area contributed by atoms with E-state index >= 15 is 4.39 Å². The van der Waals surface area contributed by atoms with Crippen LogP contribution < -0.4 is 9.64 Å². The van der Waals surface area contributed by atoms with Crippen LogP contribution in [-0.4, -0.2) is 70.2 Å². The smallest absolute Gasteiger partial charge is 0.319 e. The first kappa shape index (κ1) is 27.9. The van der Waals surface area contributed by atoms with E-state index in [1.165, 1.54) is 11.6 Å². The summed E-state index contributed by atoms with van der Waals surface area (Å²) >= 11 is 3.04. The fourth-order valence-corrected chi connectivity index (χ4v) is 7.90. The van der Waals surface area contributed by atoms with Crippen LogP contribution in [0.15, 0.2) is 64.9 Å². The van der Waals surface area contributed by atoms with Crippen LogP contribution in [-0.2, 0) is 5.54 Å². The standard InChI is InChI=1S/C32H33BrF3N5O/c1-31(2,21-7-4-3-5-8-21)41-22-9-10-23(41)18-39(17-22)29-24-13-25(35)26(33)27(36)28(24)37-30(38-29)42-19-32-11-6-12-40(32)16-20(14-32)15-34/h3-5,7-10,13,15,22-23H,6,11-12,14,16-19H2,1-2H3/b20-15-/t22?,23?,32-/m1/s1. The SMILES string of the molecule is CC(C)(c1ccccc1)N1C2C=CC1CN(c1nc(OC[C@]34CCCN3C/C(=C\F)C4)nc3c(F)c(Br)c(F)cc13)C2. The van der Waals surface area contributed by atoms with Gasteiger partial charge in [0.15, 0.2) is 5.82 Å². The fraction of sp³-hybridized carbons (Fsp3) is 0.438. The Bertz CT molecular complexity index is 1580. The third-order valence-corrected chi connectivity index (χ3v) is 10.3. The summed E-state index contributed by atoms with van der Waals surface area (Å²) in [6.07, 6.45) is 7.61. The highest BCUT2D eigenvalue weighted by molar-refractivity contribution is 9.10. The van der Waals surface area contributed by atoms with E-state index in [1.807, 2.05) is 6.07 Å². The monoisotopic (exact) mass is 639 g/mol. The van der Waals surface area contributed by atoms with Crippen molar-refractivity contribution in [2.45, 2.75) is 56.3 Å². The molecule has 4 aliphatic heterocycles. The van der Waals surface area contributed by atoms with Gasteiger partial charge in [-0.25, -0.2) is 13.2 Å². The Morgan fingerprint density at radius 1 is 1.12 bits per heavy atom. The zero-order valence-electron chi connectivity index (χ0n) is 23.7. The summed E-state index contributed by atoms with van der Waals surface area (Å²) in [7, 11) is 0. The number of piperazine rings is 1. The Labute approximate surface area is 252 Å². The maximum Gasteiger partial charge on any atom is 0.319 e. The van der Waals surface area contributed by atoms with Crippen molar-refractivity contribution in [3.05, 3.63) is 82.1 Å². The number of benzene rings is 2. The number of fused-ring (bicyclic) bond motifs is 4.